The van der Waals surface area contributed by atoms with Crippen LogP contribution in [0.2, 0.25) is 0 Å². The predicted octanol–water partition coefficient (Wildman–Crippen LogP) is 2.44. The minimum absolute atomic E-state index is 0. The molecule has 0 aliphatic carbocycles. The fourth-order valence-corrected chi connectivity index (χ4v) is 2.90. The highest BCUT2D eigenvalue weighted by molar-refractivity contribution is 5.93. The third-order valence-corrected chi connectivity index (χ3v) is 3.96. The third-order valence-electron chi connectivity index (χ3n) is 3.96. The Morgan fingerprint density at radius 1 is 1.33 bits per heavy atom. The third kappa shape index (κ3) is 4.01. The molecule has 132 valence electrons. The van der Waals surface area contributed by atoms with Gasteiger partial charge in [0.15, 0.2) is 0 Å². The van der Waals surface area contributed by atoms with Crippen molar-refractivity contribution in [3.8, 4) is 0 Å². The van der Waals surface area contributed by atoms with Crippen molar-refractivity contribution in [3.05, 3.63) is 46.9 Å². The molecule has 6 nitrogen and oxygen atoms in total. The van der Waals surface area contributed by atoms with Gasteiger partial charge in [0.1, 0.15) is 6.61 Å². The number of piperidine rings is 1. The normalized spacial score (nSPS) is 14.5. The second kappa shape index (κ2) is 8.92. The smallest absolute Gasteiger partial charge is 0.338 e. The molecule has 0 radical (unpaired) electrons. The summed E-state index contributed by atoms with van der Waals surface area (Å²) in [5, 5.41) is 3.29. The van der Waals surface area contributed by atoms with Crippen molar-refractivity contribution in [3.63, 3.8) is 0 Å². The van der Waals surface area contributed by atoms with Crippen molar-refractivity contribution in [1.82, 2.24) is 14.9 Å². The second-order valence-corrected chi connectivity index (χ2v) is 5.40. The number of aromatic amines is 1. The molecule has 3 rings (SSSR count). The van der Waals surface area contributed by atoms with Crippen LogP contribution in [0, 0.1) is 0 Å². The molecule has 1 aromatic carbocycles. The van der Waals surface area contributed by atoms with Crippen molar-refractivity contribution in [2.24, 2.45) is 0 Å². The average molecular weight is 374 g/mol. The molecule has 2 N–H and O–H groups in total. The quantitative estimate of drug-likeness (QED) is 0.637. The van der Waals surface area contributed by atoms with Crippen molar-refractivity contribution >= 4 is 41.8 Å². The van der Waals surface area contributed by atoms with Crippen LogP contribution in [0.3, 0.4) is 0 Å². The van der Waals surface area contributed by atoms with Crippen LogP contribution in [-0.2, 0) is 4.74 Å². The van der Waals surface area contributed by atoms with E-state index in [1.165, 1.54) is 6.08 Å². The Balaban J connectivity index is 0.00000144. The van der Waals surface area contributed by atoms with Crippen LogP contribution in [-0.4, -0.2) is 35.2 Å². The Morgan fingerprint density at radius 2 is 2.04 bits per heavy atom. The zero-order valence-corrected chi connectivity index (χ0v) is 14.8. The molecule has 8 heteroatoms. The van der Waals surface area contributed by atoms with Gasteiger partial charge >= 0.3 is 11.7 Å². The van der Waals surface area contributed by atoms with Crippen LogP contribution < -0.4 is 11.0 Å². The van der Waals surface area contributed by atoms with E-state index in [2.05, 4.69) is 16.9 Å². The number of halogens is 2. The van der Waals surface area contributed by atoms with Gasteiger partial charge in [0, 0.05) is 6.04 Å². The molecular formula is C16H21Cl2N3O3. The summed E-state index contributed by atoms with van der Waals surface area (Å²) in [6, 6.07) is 5.36. The van der Waals surface area contributed by atoms with Crippen LogP contribution >= 0.6 is 24.8 Å². The number of carbonyl (C=O) groups excluding carboxylic acids is 1. The van der Waals surface area contributed by atoms with E-state index < -0.39 is 5.97 Å². The maximum Gasteiger partial charge on any atom is 0.338 e. The highest BCUT2D eigenvalue weighted by Crippen LogP contribution is 2.22. The molecule has 1 saturated heterocycles. The van der Waals surface area contributed by atoms with E-state index in [-0.39, 0.29) is 43.2 Å². The van der Waals surface area contributed by atoms with Gasteiger partial charge in [-0.3, -0.25) is 4.57 Å². The second-order valence-electron chi connectivity index (χ2n) is 5.40. The van der Waals surface area contributed by atoms with Crippen molar-refractivity contribution in [1.29, 1.82) is 0 Å². The lowest BCUT2D eigenvalue weighted by atomic mass is 10.1. The van der Waals surface area contributed by atoms with Crippen molar-refractivity contribution in [2.45, 2.75) is 18.9 Å². The largest absolute Gasteiger partial charge is 0.458 e. The SMILES string of the molecule is C=CCOC(=O)c1ccc2c(c1)[nH]c(=O)n2C1CCNCC1.Cl.Cl. The molecule has 0 unspecified atom stereocenters. The van der Waals surface area contributed by atoms with Gasteiger partial charge in [-0.1, -0.05) is 12.7 Å². The number of hydrogen-bond donors (Lipinski definition) is 2. The molecule has 1 aromatic heterocycles. The zero-order chi connectivity index (χ0) is 15.5. The van der Waals surface area contributed by atoms with Crippen LogP contribution in [0.5, 0.6) is 0 Å². The molecule has 2 heterocycles. The number of nitrogens with one attached hydrogen (secondary N) is 2. The maximum atomic E-state index is 12.2. The number of rotatable bonds is 4. The van der Waals surface area contributed by atoms with Gasteiger partial charge in [-0.05, 0) is 44.1 Å². The summed E-state index contributed by atoms with van der Waals surface area (Å²) < 4.78 is 6.82. The van der Waals surface area contributed by atoms with E-state index in [1.54, 1.807) is 22.8 Å². The molecule has 0 amide bonds. The molecule has 1 aliphatic rings. The first-order valence-corrected chi connectivity index (χ1v) is 7.43. The van der Waals surface area contributed by atoms with Crippen molar-refractivity contribution in [2.75, 3.05) is 19.7 Å². The Morgan fingerprint density at radius 3 is 2.71 bits per heavy atom. The minimum Gasteiger partial charge on any atom is -0.458 e. The number of aromatic nitrogens is 2. The standard InChI is InChI=1S/C16H19N3O3.2ClH/c1-2-9-22-15(20)11-3-4-14-13(10-11)18-16(21)19(14)12-5-7-17-8-6-12;;/h2-4,10,12,17H,1,5-9H2,(H,18,21);2*1H. The summed E-state index contributed by atoms with van der Waals surface area (Å²) in [6.07, 6.45) is 3.37. The Kier molecular flexibility index (Phi) is 7.54. The van der Waals surface area contributed by atoms with E-state index in [4.69, 9.17) is 4.74 Å². The van der Waals surface area contributed by atoms with Crippen LogP contribution in [0.25, 0.3) is 11.0 Å². The number of ether oxygens (including phenoxy) is 1. The fourth-order valence-electron chi connectivity index (χ4n) is 2.90. The summed E-state index contributed by atoms with van der Waals surface area (Å²) >= 11 is 0. The predicted molar refractivity (Wildman–Crippen MR) is 98.7 cm³/mol. The van der Waals surface area contributed by atoms with Gasteiger partial charge in [0.2, 0.25) is 0 Å². The van der Waals surface area contributed by atoms with Crippen LogP contribution in [0.1, 0.15) is 29.2 Å². The highest BCUT2D eigenvalue weighted by Gasteiger charge is 2.20. The van der Waals surface area contributed by atoms with E-state index in [9.17, 15) is 9.59 Å². The lowest BCUT2D eigenvalue weighted by molar-refractivity contribution is 0.0550. The molecular weight excluding hydrogens is 353 g/mol. The van der Waals surface area contributed by atoms with Gasteiger partial charge in [0.25, 0.3) is 0 Å². The number of benzene rings is 1. The first-order valence-electron chi connectivity index (χ1n) is 7.43. The molecule has 0 saturated carbocycles. The monoisotopic (exact) mass is 373 g/mol. The lowest BCUT2D eigenvalue weighted by Gasteiger charge is -2.23. The van der Waals surface area contributed by atoms with Gasteiger partial charge in [-0.15, -0.1) is 24.8 Å². The number of imidazole rings is 1. The zero-order valence-electron chi connectivity index (χ0n) is 13.1. The number of H-pyrrole nitrogens is 1. The topological polar surface area (TPSA) is 76.1 Å². The number of carbonyl (C=O) groups is 1. The molecule has 0 atom stereocenters. The Labute approximate surface area is 152 Å². The van der Waals surface area contributed by atoms with Crippen LogP contribution in [0.4, 0.5) is 0 Å². The molecule has 0 spiro atoms. The molecule has 2 aromatic rings. The number of nitrogens with zero attached hydrogens (tertiary/aromatic N) is 1. The Hall–Kier alpha value is -1.76. The fraction of sp³-hybridized carbons (Fsp3) is 0.375. The van der Waals surface area contributed by atoms with Crippen LogP contribution in [0.15, 0.2) is 35.6 Å². The summed E-state index contributed by atoms with van der Waals surface area (Å²) in [5.41, 5.74) is 1.79. The van der Waals surface area contributed by atoms with Gasteiger partial charge in [0.05, 0.1) is 16.6 Å². The first-order chi connectivity index (χ1) is 10.7. The maximum absolute atomic E-state index is 12.2. The van der Waals surface area contributed by atoms with E-state index >= 15 is 0 Å². The number of fused-ring (bicyclic) bond motifs is 1. The van der Waals surface area contributed by atoms with E-state index in [0.717, 1.165) is 31.4 Å². The van der Waals surface area contributed by atoms with E-state index in [1.807, 2.05) is 0 Å². The summed E-state index contributed by atoms with van der Waals surface area (Å²) in [7, 11) is 0. The minimum atomic E-state index is -0.419. The molecule has 1 aliphatic heterocycles. The summed E-state index contributed by atoms with van der Waals surface area (Å²) in [5.74, 6) is -0.419. The molecule has 24 heavy (non-hydrogen) atoms. The Bertz CT molecular complexity index is 764. The van der Waals surface area contributed by atoms with E-state index in [0.29, 0.717) is 11.1 Å². The molecule has 1 fully saturated rings. The molecule has 0 bridgehead atoms. The first kappa shape index (κ1) is 20.3. The van der Waals surface area contributed by atoms with Gasteiger partial charge < -0.3 is 15.0 Å². The van der Waals surface area contributed by atoms with Gasteiger partial charge in [-0.2, -0.15) is 0 Å². The van der Waals surface area contributed by atoms with Crippen molar-refractivity contribution < 1.29 is 9.53 Å². The lowest BCUT2D eigenvalue weighted by Crippen LogP contribution is -2.33. The average Bonchev–Trinajstić information content (AvgIpc) is 2.88. The highest BCUT2D eigenvalue weighted by atomic mass is 35.5. The summed E-state index contributed by atoms with van der Waals surface area (Å²) in [4.78, 5) is 26.9. The number of esters is 1. The summed E-state index contributed by atoms with van der Waals surface area (Å²) in [6.45, 7) is 5.50. The van der Waals surface area contributed by atoms with Gasteiger partial charge in [-0.25, -0.2) is 9.59 Å². The number of hydrogen-bond acceptors (Lipinski definition) is 4.